The van der Waals surface area contributed by atoms with Gasteiger partial charge in [0.1, 0.15) is 11.9 Å². The third-order valence-electron chi connectivity index (χ3n) is 3.71. The van der Waals surface area contributed by atoms with E-state index in [-0.39, 0.29) is 6.10 Å². The highest BCUT2D eigenvalue weighted by Gasteiger charge is 2.35. The third-order valence-corrected chi connectivity index (χ3v) is 4.46. The largest absolute Gasteiger partial charge is 0.373 e. The Morgan fingerprint density at radius 2 is 1.95 bits per heavy atom. The minimum atomic E-state index is -0.0207. The lowest BCUT2D eigenvalue weighted by Gasteiger charge is -2.17. The molecule has 1 unspecified atom stereocenters. The molecule has 1 fully saturated rings. The molecule has 1 aromatic carbocycles. The molecule has 1 saturated carbocycles. The van der Waals surface area contributed by atoms with Crippen molar-refractivity contribution in [1.82, 2.24) is 9.97 Å². The minimum absolute atomic E-state index is 0.0207. The van der Waals surface area contributed by atoms with Crippen molar-refractivity contribution in [2.75, 3.05) is 19.5 Å². The zero-order valence-corrected chi connectivity index (χ0v) is 13.7. The lowest BCUT2D eigenvalue weighted by atomic mass is 10.1. The Morgan fingerprint density at radius 1 is 1.24 bits per heavy atom. The van der Waals surface area contributed by atoms with Crippen LogP contribution in [0.2, 0.25) is 0 Å². The van der Waals surface area contributed by atoms with Crippen molar-refractivity contribution in [1.29, 1.82) is 0 Å². The molecule has 1 aliphatic rings. The molecule has 1 heterocycles. The zero-order chi connectivity index (χ0) is 14.8. The molecule has 0 bridgehead atoms. The summed E-state index contributed by atoms with van der Waals surface area (Å²) in [6.45, 7) is 0. The number of nitrogens with zero attached hydrogens (tertiary/aromatic N) is 2. The Balaban J connectivity index is 2.10. The van der Waals surface area contributed by atoms with E-state index in [0.29, 0.717) is 5.92 Å². The second-order valence-corrected chi connectivity index (χ2v) is 6.00. The summed E-state index contributed by atoms with van der Waals surface area (Å²) >= 11 is 3.61. The molecule has 0 aliphatic heterocycles. The molecule has 0 radical (unpaired) electrons. The van der Waals surface area contributed by atoms with Crippen LogP contribution in [-0.2, 0) is 4.74 Å². The Hall–Kier alpha value is -1.46. The van der Waals surface area contributed by atoms with Gasteiger partial charge < -0.3 is 10.1 Å². The van der Waals surface area contributed by atoms with Gasteiger partial charge in [0.05, 0.1) is 10.2 Å². The van der Waals surface area contributed by atoms with Gasteiger partial charge in [-0.3, -0.25) is 0 Å². The normalized spacial score (nSPS) is 15.8. The van der Waals surface area contributed by atoms with Crippen LogP contribution < -0.4 is 5.32 Å². The molecular weight excluding hydrogens is 330 g/mol. The summed E-state index contributed by atoms with van der Waals surface area (Å²) in [5.74, 6) is 2.09. The van der Waals surface area contributed by atoms with E-state index in [1.54, 1.807) is 7.11 Å². The second-order valence-electron chi connectivity index (χ2n) is 5.20. The predicted molar refractivity (Wildman–Crippen MR) is 87.2 cm³/mol. The first-order valence-corrected chi connectivity index (χ1v) is 7.87. The molecular formula is C16H18BrN3O. The summed E-state index contributed by atoms with van der Waals surface area (Å²) < 4.78 is 6.50. The maximum atomic E-state index is 5.62. The van der Waals surface area contributed by atoms with Gasteiger partial charge in [0.2, 0.25) is 0 Å². The molecule has 1 aromatic heterocycles. The summed E-state index contributed by atoms with van der Waals surface area (Å²) in [5, 5.41) is 3.13. The van der Waals surface area contributed by atoms with Crippen LogP contribution in [0.5, 0.6) is 0 Å². The standard InChI is InChI=1S/C16H18BrN3O/c1-18-15-12(17)13(10-6-4-3-5-7-10)19-16(20-15)14(21-2)11-8-9-11/h3-7,11,14H,8-9H2,1-2H3,(H,18,19,20). The molecule has 1 N–H and O–H groups in total. The van der Waals surface area contributed by atoms with Gasteiger partial charge in [0.15, 0.2) is 5.82 Å². The SMILES string of the molecule is CNc1nc(C(OC)C2CC2)nc(-c2ccccc2)c1Br. The highest BCUT2D eigenvalue weighted by molar-refractivity contribution is 9.10. The zero-order valence-electron chi connectivity index (χ0n) is 12.1. The molecule has 21 heavy (non-hydrogen) atoms. The second kappa shape index (κ2) is 6.12. The van der Waals surface area contributed by atoms with Crippen molar-refractivity contribution in [2.45, 2.75) is 18.9 Å². The Bertz CT molecular complexity index is 629. The highest BCUT2D eigenvalue weighted by Crippen LogP contribution is 2.43. The van der Waals surface area contributed by atoms with Gasteiger partial charge in [0.25, 0.3) is 0 Å². The average molecular weight is 348 g/mol. The first kappa shape index (κ1) is 14.5. The molecule has 3 rings (SSSR count). The number of ether oxygens (including phenoxy) is 1. The summed E-state index contributed by atoms with van der Waals surface area (Å²) in [4.78, 5) is 9.38. The molecule has 1 aliphatic carbocycles. The lowest BCUT2D eigenvalue weighted by Crippen LogP contribution is -2.11. The molecule has 0 amide bonds. The monoisotopic (exact) mass is 347 g/mol. The van der Waals surface area contributed by atoms with Gasteiger partial charge in [-0.05, 0) is 34.7 Å². The number of rotatable bonds is 5. The fraction of sp³-hybridized carbons (Fsp3) is 0.375. The van der Waals surface area contributed by atoms with Crippen molar-refractivity contribution in [2.24, 2.45) is 5.92 Å². The van der Waals surface area contributed by atoms with Crippen LogP contribution in [0.15, 0.2) is 34.8 Å². The fourth-order valence-corrected chi connectivity index (χ4v) is 3.06. The van der Waals surface area contributed by atoms with Gasteiger partial charge in [-0.25, -0.2) is 9.97 Å². The van der Waals surface area contributed by atoms with E-state index in [0.717, 1.165) is 27.4 Å². The number of aromatic nitrogens is 2. The average Bonchev–Trinajstić information content (AvgIpc) is 3.35. The van der Waals surface area contributed by atoms with Gasteiger partial charge in [-0.1, -0.05) is 30.3 Å². The minimum Gasteiger partial charge on any atom is -0.373 e. The quantitative estimate of drug-likeness (QED) is 0.886. The van der Waals surface area contributed by atoms with E-state index in [9.17, 15) is 0 Å². The Kier molecular flexibility index (Phi) is 4.22. The fourth-order valence-electron chi connectivity index (χ4n) is 2.45. The van der Waals surface area contributed by atoms with Crippen LogP contribution in [-0.4, -0.2) is 24.1 Å². The van der Waals surface area contributed by atoms with Crippen molar-refractivity contribution >= 4 is 21.7 Å². The van der Waals surface area contributed by atoms with Crippen LogP contribution in [0.4, 0.5) is 5.82 Å². The first-order chi connectivity index (χ1) is 10.2. The third kappa shape index (κ3) is 2.94. The maximum absolute atomic E-state index is 5.62. The van der Waals surface area contributed by atoms with E-state index < -0.39 is 0 Å². The number of methoxy groups -OCH3 is 1. The van der Waals surface area contributed by atoms with E-state index in [4.69, 9.17) is 9.72 Å². The van der Waals surface area contributed by atoms with E-state index in [1.165, 1.54) is 12.8 Å². The van der Waals surface area contributed by atoms with E-state index >= 15 is 0 Å². The van der Waals surface area contributed by atoms with Gasteiger partial charge in [-0.15, -0.1) is 0 Å². The molecule has 5 heteroatoms. The van der Waals surface area contributed by atoms with Crippen LogP contribution in [0, 0.1) is 5.92 Å². The Labute approximate surface area is 133 Å². The number of hydrogen-bond acceptors (Lipinski definition) is 4. The molecule has 110 valence electrons. The maximum Gasteiger partial charge on any atom is 0.160 e. The van der Waals surface area contributed by atoms with Gasteiger partial charge >= 0.3 is 0 Å². The van der Waals surface area contributed by atoms with Crippen LogP contribution >= 0.6 is 15.9 Å². The Morgan fingerprint density at radius 3 is 2.52 bits per heavy atom. The number of nitrogens with one attached hydrogen (secondary N) is 1. The van der Waals surface area contributed by atoms with Crippen molar-refractivity contribution in [3.8, 4) is 11.3 Å². The first-order valence-electron chi connectivity index (χ1n) is 7.08. The van der Waals surface area contributed by atoms with E-state index in [1.807, 2.05) is 25.2 Å². The van der Waals surface area contributed by atoms with Gasteiger partial charge in [-0.2, -0.15) is 0 Å². The van der Waals surface area contributed by atoms with Crippen LogP contribution in [0.25, 0.3) is 11.3 Å². The highest BCUT2D eigenvalue weighted by atomic mass is 79.9. The lowest BCUT2D eigenvalue weighted by molar-refractivity contribution is 0.0774. The predicted octanol–water partition coefficient (Wildman–Crippen LogP) is 4.05. The number of hydrogen-bond donors (Lipinski definition) is 1. The van der Waals surface area contributed by atoms with Crippen LogP contribution in [0.3, 0.4) is 0 Å². The van der Waals surface area contributed by atoms with Gasteiger partial charge in [0, 0.05) is 19.7 Å². The topological polar surface area (TPSA) is 47.0 Å². The number of anilines is 1. The summed E-state index contributed by atoms with van der Waals surface area (Å²) in [6.07, 6.45) is 2.36. The number of halogens is 1. The van der Waals surface area contributed by atoms with Crippen LogP contribution in [0.1, 0.15) is 24.8 Å². The summed E-state index contributed by atoms with van der Waals surface area (Å²) in [5.41, 5.74) is 1.96. The molecule has 4 nitrogen and oxygen atoms in total. The summed E-state index contributed by atoms with van der Waals surface area (Å²) in [7, 11) is 3.60. The van der Waals surface area contributed by atoms with E-state index in [2.05, 4.69) is 38.4 Å². The molecule has 1 atom stereocenters. The molecule has 0 spiro atoms. The summed E-state index contributed by atoms with van der Waals surface area (Å²) in [6, 6.07) is 10.1. The molecule has 2 aromatic rings. The van der Waals surface area contributed by atoms with Crippen molar-refractivity contribution in [3.63, 3.8) is 0 Å². The van der Waals surface area contributed by atoms with Crippen molar-refractivity contribution in [3.05, 3.63) is 40.6 Å². The molecule has 0 saturated heterocycles. The van der Waals surface area contributed by atoms with Crippen molar-refractivity contribution < 1.29 is 4.74 Å². The number of benzene rings is 1. The smallest absolute Gasteiger partial charge is 0.160 e.